The Bertz CT molecular complexity index is 957. The maximum atomic E-state index is 13.0. The fourth-order valence-electron chi connectivity index (χ4n) is 3.92. The molecule has 1 spiro atoms. The van der Waals surface area contributed by atoms with Crippen LogP contribution >= 0.6 is 11.3 Å². The standard InChI is InChI=1S/C19H24N4O2S.C2HF3O2/c1-15-3-2-4-16(21-15)18(24)23-8-9-25-14-19(13-23)5-7-22(12-19)11-17-20-6-10-26-17;3-2(4,5)1(6)7/h2-4,6,10H,5,7-9,11-14H2,1H3;(H,6,7). The lowest BCUT2D eigenvalue weighted by molar-refractivity contribution is -0.192. The zero-order valence-electron chi connectivity index (χ0n) is 18.0. The van der Waals surface area contributed by atoms with E-state index in [4.69, 9.17) is 14.6 Å². The summed E-state index contributed by atoms with van der Waals surface area (Å²) in [6.07, 6.45) is -2.18. The summed E-state index contributed by atoms with van der Waals surface area (Å²) in [4.78, 5) is 35.0. The van der Waals surface area contributed by atoms with Gasteiger partial charge in [0.25, 0.3) is 5.91 Å². The average Bonchev–Trinajstić information content (AvgIpc) is 3.34. The monoisotopic (exact) mass is 486 g/mol. The van der Waals surface area contributed by atoms with E-state index < -0.39 is 12.1 Å². The fourth-order valence-corrected chi connectivity index (χ4v) is 4.58. The van der Waals surface area contributed by atoms with E-state index in [9.17, 15) is 18.0 Å². The maximum absolute atomic E-state index is 13.0. The number of pyridine rings is 1. The number of thiazole rings is 1. The number of carbonyl (C=O) groups is 2. The van der Waals surface area contributed by atoms with Crippen LogP contribution in [0.5, 0.6) is 0 Å². The van der Waals surface area contributed by atoms with E-state index in [0.29, 0.717) is 25.5 Å². The molecule has 4 rings (SSSR count). The predicted octanol–water partition coefficient (Wildman–Crippen LogP) is 2.84. The Hall–Kier alpha value is -2.57. The molecule has 1 amide bonds. The van der Waals surface area contributed by atoms with Crippen LogP contribution in [0.3, 0.4) is 0 Å². The first-order valence-electron chi connectivity index (χ1n) is 10.3. The van der Waals surface area contributed by atoms with E-state index in [2.05, 4.69) is 14.9 Å². The normalized spacial score (nSPS) is 21.4. The van der Waals surface area contributed by atoms with Gasteiger partial charge < -0.3 is 14.7 Å². The van der Waals surface area contributed by atoms with Gasteiger partial charge in [-0.3, -0.25) is 9.69 Å². The maximum Gasteiger partial charge on any atom is 0.490 e. The Balaban J connectivity index is 0.000000383. The summed E-state index contributed by atoms with van der Waals surface area (Å²) in [6.45, 7) is 7.42. The average molecular weight is 487 g/mol. The molecule has 2 aliphatic rings. The van der Waals surface area contributed by atoms with Gasteiger partial charge in [0.1, 0.15) is 10.7 Å². The van der Waals surface area contributed by atoms with Crippen LogP contribution in [0, 0.1) is 12.3 Å². The molecule has 0 radical (unpaired) electrons. The molecule has 2 fully saturated rings. The van der Waals surface area contributed by atoms with Gasteiger partial charge in [-0.05, 0) is 32.0 Å². The molecule has 0 aromatic carbocycles. The fraction of sp³-hybridized carbons (Fsp3) is 0.524. The Labute approximate surface area is 193 Å². The highest BCUT2D eigenvalue weighted by Crippen LogP contribution is 2.34. The number of rotatable bonds is 3. The Morgan fingerprint density at radius 3 is 2.67 bits per heavy atom. The number of hydrogen-bond acceptors (Lipinski definition) is 7. The summed E-state index contributed by atoms with van der Waals surface area (Å²) in [6, 6.07) is 5.61. The Morgan fingerprint density at radius 2 is 2.03 bits per heavy atom. The van der Waals surface area contributed by atoms with Crippen molar-refractivity contribution < 1.29 is 32.6 Å². The third-order valence-electron chi connectivity index (χ3n) is 5.44. The highest BCUT2D eigenvalue weighted by atomic mass is 32.1. The number of amides is 1. The molecular weight excluding hydrogens is 461 g/mol. The minimum Gasteiger partial charge on any atom is -0.475 e. The van der Waals surface area contributed by atoms with E-state index in [1.165, 1.54) is 0 Å². The van der Waals surface area contributed by atoms with Crippen LogP contribution in [0.2, 0.25) is 0 Å². The molecular formula is C21H25F3N4O4S. The van der Waals surface area contributed by atoms with Gasteiger partial charge in [0.15, 0.2) is 0 Å². The summed E-state index contributed by atoms with van der Waals surface area (Å²) in [5.41, 5.74) is 1.40. The van der Waals surface area contributed by atoms with E-state index in [-0.39, 0.29) is 11.3 Å². The van der Waals surface area contributed by atoms with E-state index in [0.717, 1.165) is 43.3 Å². The number of ether oxygens (including phenoxy) is 1. The number of aliphatic carboxylic acids is 1. The number of aryl methyl sites for hydroxylation is 1. The molecule has 2 saturated heterocycles. The van der Waals surface area contributed by atoms with E-state index >= 15 is 0 Å². The van der Waals surface area contributed by atoms with E-state index in [1.807, 2.05) is 35.5 Å². The zero-order valence-corrected chi connectivity index (χ0v) is 18.9. The summed E-state index contributed by atoms with van der Waals surface area (Å²) < 4.78 is 37.6. The number of alkyl halides is 3. The van der Waals surface area contributed by atoms with Gasteiger partial charge >= 0.3 is 12.1 Å². The number of carboxylic acid groups (broad SMARTS) is 1. The summed E-state index contributed by atoms with van der Waals surface area (Å²) in [5, 5.41) is 10.3. The lowest BCUT2D eigenvalue weighted by atomic mass is 9.87. The van der Waals surface area contributed by atoms with Crippen molar-refractivity contribution in [1.82, 2.24) is 19.8 Å². The molecule has 0 aliphatic carbocycles. The van der Waals surface area contributed by atoms with Crippen molar-refractivity contribution in [3.8, 4) is 0 Å². The predicted molar refractivity (Wildman–Crippen MR) is 114 cm³/mol. The van der Waals surface area contributed by atoms with E-state index in [1.54, 1.807) is 17.4 Å². The first kappa shape index (κ1) is 25.1. The molecule has 1 N–H and O–H groups in total. The first-order chi connectivity index (χ1) is 15.6. The second kappa shape index (κ2) is 10.6. The van der Waals surface area contributed by atoms with Crippen LogP contribution in [0.25, 0.3) is 0 Å². The minimum atomic E-state index is -5.08. The third-order valence-corrected chi connectivity index (χ3v) is 6.20. The molecule has 180 valence electrons. The van der Waals surface area contributed by atoms with Crippen LogP contribution in [0.1, 0.15) is 27.6 Å². The number of halogens is 3. The second-order valence-electron chi connectivity index (χ2n) is 8.13. The topological polar surface area (TPSA) is 95.9 Å². The van der Waals surface area contributed by atoms with Crippen LogP contribution < -0.4 is 0 Å². The third kappa shape index (κ3) is 6.95. The summed E-state index contributed by atoms with van der Waals surface area (Å²) in [5.74, 6) is -2.75. The van der Waals surface area contributed by atoms with Crippen LogP contribution in [-0.4, -0.2) is 82.3 Å². The molecule has 2 aliphatic heterocycles. The van der Waals surface area contributed by atoms with Crippen LogP contribution in [0.15, 0.2) is 29.8 Å². The molecule has 4 heterocycles. The number of hydrogen-bond donors (Lipinski definition) is 1. The van der Waals surface area contributed by atoms with Gasteiger partial charge in [-0.1, -0.05) is 6.07 Å². The van der Waals surface area contributed by atoms with Crippen molar-refractivity contribution in [2.24, 2.45) is 5.41 Å². The molecule has 2 aromatic rings. The largest absolute Gasteiger partial charge is 0.490 e. The minimum absolute atomic E-state index is 0.00719. The number of carboxylic acids is 1. The summed E-state index contributed by atoms with van der Waals surface area (Å²) >= 11 is 1.70. The van der Waals surface area contributed by atoms with Crippen molar-refractivity contribution in [3.05, 3.63) is 46.2 Å². The zero-order chi connectivity index (χ0) is 24.1. The molecule has 2 aromatic heterocycles. The number of nitrogens with zero attached hydrogens (tertiary/aromatic N) is 4. The van der Waals surface area contributed by atoms with Gasteiger partial charge in [0.05, 0.1) is 19.8 Å². The number of aromatic nitrogens is 2. The quantitative estimate of drug-likeness (QED) is 0.713. The molecule has 1 atom stereocenters. The molecule has 0 saturated carbocycles. The number of carbonyl (C=O) groups excluding carboxylic acids is 1. The van der Waals surface area contributed by atoms with Gasteiger partial charge in [-0.15, -0.1) is 11.3 Å². The Morgan fingerprint density at radius 1 is 1.27 bits per heavy atom. The SMILES string of the molecule is Cc1cccc(C(=O)N2CCOCC3(CCN(Cc4nccs4)C3)C2)n1.O=C(O)C(F)(F)F. The Kier molecular flexibility index (Phi) is 8.03. The first-order valence-corrected chi connectivity index (χ1v) is 11.2. The molecule has 8 nitrogen and oxygen atoms in total. The van der Waals surface area contributed by atoms with Crippen molar-refractivity contribution >= 4 is 23.2 Å². The van der Waals surface area contributed by atoms with Crippen molar-refractivity contribution in [2.45, 2.75) is 26.1 Å². The van der Waals surface area contributed by atoms with Crippen molar-refractivity contribution in [3.63, 3.8) is 0 Å². The lowest BCUT2D eigenvalue weighted by Crippen LogP contribution is -2.43. The smallest absolute Gasteiger partial charge is 0.475 e. The highest BCUT2D eigenvalue weighted by Gasteiger charge is 2.42. The van der Waals surface area contributed by atoms with Gasteiger partial charge in [-0.25, -0.2) is 14.8 Å². The molecule has 33 heavy (non-hydrogen) atoms. The molecule has 1 unspecified atom stereocenters. The number of likely N-dealkylation sites (tertiary alicyclic amines) is 1. The molecule has 12 heteroatoms. The van der Waals surface area contributed by atoms with Gasteiger partial charge in [0, 0.05) is 42.3 Å². The molecule has 0 bridgehead atoms. The van der Waals surface area contributed by atoms with Crippen molar-refractivity contribution in [2.75, 3.05) is 39.4 Å². The van der Waals surface area contributed by atoms with Crippen LogP contribution in [-0.2, 0) is 16.1 Å². The van der Waals surface area contributed by atoms with Crippen molar-refractivity contribution in [1.29, 1.82) is 0 Å². The highest BCUT2D eigenvalue weighted by molar-refractivity contribution is 7.09. The second-order valence-corrected chi connectivity index (χ2v) is 9.11. The summed E-state index contributed by atoms with van der Waals surface area (Å²) in [7, 11) is 0. The van der Waals surface area contributed by atoms with Crippen LogP contribution in [0.4, 0.5) is 13.2 Å². The lowest BCUT2D eigenvalue weighted by Gasteiger charge is -2.31. The van der Waals surface area contributed by atoms with Gasteiger partial charge in [-0.2, -0.15) is 13.2 Å². The van der Waals surface area contributed by atoms with Gasteiger partial charge in [0.2, 0.25) is 0 Å².